The Morgan fingerprint density at radius 1 is 0.966 bits per heavy atom. The van der Waals surface area contributed by atoms with E-state index < -0.39 is 5.41 Å². The minimum atomic E-state index is -1.20. The summed E-state index contributed by atoms with van der Waals surface area (Å²) in [6.45, 7) is 7.20. The van der Waals surface area contributed by atoms with E-state index in [-0.39, 0.29) is 17.6 Å². The number of pyridine rings is 1. The molecule has 29 heavy (non-hydrogen) atoms. The molecule has 1 aliphatic heterocycles. The van der Waals surface area contributed by atoms with Crippen LogP contribution < -0.4 is 10.2 Å². The van der Waals surface area contributed by atoms with Crippen molar-refractivity contribution in [3.8, 4) is 0 Å². The molecule has 0 bridgehead atoms. The molecule has 1 fully saturated rings. The van der Waals surface area contributed by atoms with E-state index in [0.29, 0.717) is 37.4 Å². The quantitative estimate of drug-likeness (QED) is 0.623. The maximum absolute atomic E-state index is 13.0. The van der Waals surface area contributed by atoms with Crippen LogP contribution in [0.4, 0.5) is 11.5 Å². The number of amides is 2. The number of hydrogen-bond donors (Lipinski definition) is 1. The summed E-state index contributed by atoms with van der Waals surface area (Å²) in [5.41, 5.74) is -0.0724. The number of benzene rings is 1. The highest BCUT2D eigenvalue weighted by molar-refractivity contribution is 6.10. The molecule has 2 amide bonds. The van der Waals surface area contributed by atoms with Gasteiger partial charge in [0.2, 0.25) is 11.8 Å². The summed E-state index contributed by atoms with van der Waals surface area (Å²) in [5, 5.41) is 2.78. The topological polar surface area (TPSA) is 82.6 Å². The van der Waals surface area contributed by atoms with Gasteiger partial charge in [-0.25, -0.2) is 4.98 Å². The van der Waals surface area contributed by atoms with Crippen molar-refractivity contribution < 1.29 is 14.4 Å². The van der Waals surface area contributed by atoms with E-state index >= 15 is 0 Å². The van der Waals surface area contributed by atoms with Crippen molar-refractivity contribution in [1.29, 1.82) is 0 Å². The lowest BCUT2D eigenvalue weighted by atomic mass is 9.89. The van der Waals surface area contributed by atoms with Gasteiger partial charge in [0.05, 0.1) is 0 Å². The first-order chi connectivity index (χ1) is 13.8. The fourth-order valence-corrected chi connectivity index (χ4v) is 3.25. The average molecular weight is 394 g/mol. The number of piperazine rings is 1. The molecular weight excluding hydrogens is 368 g/mol. The number of anilines is 2. The third-order valence-electron chi connectivity index (χ3n) is 5.19. The molecule has 1 aliphatic rings. The minimum absolute atomic E-state index is 0.0387. The molecule has 3 rings (SSSR count). The van der Waals surface area contributed by atoms with Gasteiger partial charge in [-0.3, -0.25) is 14.4 Å². The van der Waals surface area contributed by atoms with Crippen LogP contribution >= 0.6 is 0 Å². The van der Waals surface area contributed by atoms with Crippen LogP contribution in [0.15, 0.2) is 48.7 Å². The van der Waals surface area contributed by atoms with Crippen LogP contribution in [0.5, 0.6) is 0 Å². The number of carbonyl (C=O) groups is 3. The number of ketones is 1. The number of rotatable bonds is 5. The van der Waals surface area contributed by atoms with Crippen molar-refractivity contribution in [2.24, 2.45) is 5.41 Å². The van der Waals surface area contributed by atoms with Gasteiger partial charge < -0.3 is 15.1 Å². The van der Waals surface area contributed by atoms with Gasteiger partial charge in [-0.1, -0.05) is 6.07 Å². The summed E-state index contributed by atoms with van der Waals surface area (Å²) < 4.78 is 0. The fraction of sp³-hybridized carbons (Fsp3) is 0.364. The van der Waals surface area contributed by atoms with Crippen molar-refractivity contribution in [3.05, 3.63) is 54.2 Å². The lowest BCUT2D eigenvalue weighted by Gasteiger charge is -2.38. The second kappa shape index (κ2) is 8.43. The van der Waals surface area contributed by atoms with Crippen molar-refractivity contribution in [2.45, 2.75) is 20.8 Å². The maximum atomic E-state index is 13.0. The smallest absolute Gasteiger partial charge is 0.239 e. The van der Waals surface area contributed by atoms with Gasteiger partial charge >= 0.3 is 0 Å². The highest BCUT2D eigenvalue weighted by atomic mass is 16.2. The van der Waals surface area contributed by atoms with E-state index in [0.717, 1.165) is 5.82 Å². The molecule has 2 aromatic rings. The number of nitrogens with zero attached hydrogens (tertiary/aromatic N) is 3. The van der Waals surface area contributed by atoms with Gasteiger partial charge in [0.15, 0.2) is 5.78 Å². The first-order valence-corrected chi connectivity index (χ1v) is 9.67. The molecule has 1 aromatic carbocycles. The molecule has 2 heterocycles. The van der Waals surface area contributed by atoms with Gasteiger partial charge in [-0.15, -0.1) is 0 Å². The van der Waals surface area contributed by atoms with E-state index in [4.69, 9.17) is 0 Å². The van der Waals surface area contributed by atoms with Crippen LogP contribution in [-0.2, 0) is 9.59 Å². The van der Waals surface area contributed by atoms with E-state index in [2.05, 4.69) is 15.2 Å². The van der Waals surface area contributed by atoms with Crippen LogP contribution in [0, 0.1) is 5.41 Å². The first-order valence-electron chi connectivity index (χ1n) is 9.67. The zero-order chi connectivity index (χ0) is 21.0. The van der Waals surface area contributed by atoms with Crippen LogP contribution in [0.1, 0.15) is 31.1 Å². The van der Waals surface area contributed by atoms with Crippen LogP contribution in [0.2, 0.25) is 0 Å². The third-order valence-corrected chi connectivity index (χ3v) is 5.19. The Morgan fingerprint density at radius 2 is 1.62 bits per heavy atom. The van der Waals surface area contributed by atoms with E-state index in [1.54, 1.807) is 49.2 Å². The molecule has 1 saturated heterocycles. The molecule has 0 saturated carbocycles. The second-order valence-electron chi connectivity index (χ2n) is 7.68. The number of aromatic nitrogens is 1. The predicted octanol–water partition coefficient (Wildman–Crippen LogP) is 2.60. The standard InChI is InChI=1S/C22H26N4O3/c1-16(27)17-7-9-18(10-8-17)24-20(28)22(2,3)21(29)26-14-12-25(13-15-26)19-6-4-5-11-23-19/h4-11H,12-15H2,1-3H3,(H,24,28). The van der Waals surface area contributed by atoms with Gasteiger partial charge in [-0.05, 0) is 57.2 Å². The molecule has 0 atom stereocenters. The second-order valence-corrected chi connectivity index (χ2v) is 7.68. The Hall–Kier alpha value is -3.22. The summed E-state index contributed by atoms with van der Waals surface area (Å²) in [4.78, 5) is 45.4. The largest absolute Gasteiger partial charge is 0.353 e. The Bertz CT molecular complexity index is 886. The molecule has 1 aromatic heterocycles. The van der Waals surface area contributed by atoms with Crippen LogP contribution in [-0.4, -0.2) is 53.7 Å². The average Bonchev–Trinajstić information content (AvgIpc) is 2.74. The Labute approximate surface area is 170 Å². The molecule has 7 nitrogen and oxygen atoms in total. The first kappa shape index (κ1) is 20.5. The highest BCUT2D eigenvalue weighted by Crippen LogP contribution is 2.24. The number of Topliss-reactive ketones (excluding diaryl/α,β-unsaturated/α-hetero) is 1. The lowest BCUT2D eigenvalue weighted by molar-refractivity contribution is -0.146. The van der Waals surface area contributed by atoms with E-state index in [1.807, 2.05) is 18.2 Å². The number of hydrogen-bond acceptors (Lipinski definition) is 5. The molecule has 0 unspecified atom stereocenters. The van der Waals surface area contributed by atoms with E-state index in [9.17, 15) is 14.4 Å². The Morgan fingerprint density at radius 3 is 2.17 bits per heavy atom. The summed E-state index contributed by atoms with van der Waals surface area (Å²) in [5.74, 6) is 0.287. The van der Waals surface area contributed by atoms with E-state index in [1.165, 1.54) is 6.92 Å². The Kier molecular flexibility index (Phi) is 5.96. The van der Waals surface area contributed by atoms with Crippen molar-refractivity contribution >= 4 is 29.1 Å². The molecule has 7 heteroatoms. The van der Waals surface area contributed by atoms with Gasteiger partial charge in [0.25, 0.3) is 0 Å². The van der Waals surface area contributed by atoms with Gasteiger partial charge in [0.1, 0.15) is 11.2 Å². The number of nitrogens with one attached hydrogen (secondary N) is 1. The monoisotopic (exact) mass is 394 g/mol. The molecular formula is C22H26N4O3. The molecule has 0 aliphatic carbocycles. The third kappa shape index (κ3) is 4.62. The van der Waals surface area contributed by atoms with Crippen molar-refractivity contribution in [2.75, 3.05) is 36.4 Å². The highest BCUT2D eigenvalue weighted by Gasteiger charge is 2.40. The zero-order valence-corrected chi connectivity index (χ0v) is 17.0. The zero-order valence-electron chi connectivity index (χ0n) is 17.0. The minimum Gasteiger partial charge on any atom is -0.353 e. The van der Waals surface area contributed by atoms with Crippen LogP contribution in [0.3, 0.4) is 0 Å². The van der Waals surface area contributed by atoms with Gasteiger partial charge in [-0.2, -0.15) is 0 Å². The summed E-state index contributed by atoms with van der Waals surface area (Å²) in [6.07, 6.45) is 1.75. The predicted molar refractivity (Wildman–Crippen MR) is 112 cm³/mol. The summed E-state index contributed by atoms with van der Waals surface area (Å²) in [6, 6.07) is 12.4. The molecule has 0 spiro atoms. The fourth-order valence-electron chi connectivity index (χ4n) is 3.25. The molecule has 0 radical (unpaired) electrons. The summed E-state index contributed by atoms with van der Waals surface area (Å²) >= 11 is 0. The van der Waals surface area contributed by atoms with Crippen molar-refractivity contribution in [1.82, 2.24) is 9.88 Å². The Balaban J connectivity index is 1.60. The molecule has 1 N–H and O–H groups in total. The summed E-state index contributed by atoms with van der Waals surface area (Å²) in [7, 11) is 0. The molecule has 152 valence electrons. The number of carbonyl (C=O) groups excluding carboxylic acids is 3. The SMILES string of the molecule is CC(=O)c1ccc(NC(=O)C(C)(C)C(=O)N2CCN(c3ccccn3)CC2)cc1. The maximum Gasteiger partial charge on any atom is 0.239 e. The lowest BCUT2D eigenvalue weighted by Crippen LogP contribution is -2.54. The normalized spacial score (nSPS) is 14.4. The van der Waals surface area contributed by atoms with Crippen molar-refractivity contribution in [3.63, 3.8) is 0 Å². The van der Waals surface area contributed by atoms with Crippen LogP contribution in [0.25, 0.3) is 0 Å². The van der Waals surface area contributed by atoms with Gasteiger partial charge in [0, 0.05) is 43.6 Å².